The molecule has 21 nitrogen and oxygen atoms in total. The van der Waals surface area contributed by atoms with E-state index in [0.29, 0.717) is 32.1 Å². The minimum atomic E-state index is -1.92. The van der Waals surface area contributed by atoms with Crippen LogP contribution in [0.4, 0.5) is 0 Å². The first-order chi connectivity index (χ1) is 35.9. The van der Waals surface area contributed by atoms with Crippen LogP contribution in [0.1, 0.15) is 126 Å². The van der Waals surface area contributed by atoms with Crippen LogP contribution in [0.25, 0.3) is 0 Å². The molecular formula is C55H88O21. The molecule has 76 heavy (non-hydrogen) atoms. The van der Waals surface area contributed by atoms with Crippen molar-refractivity contribution in [2.75, 3.05) is 27.9 Å². The van der Waals surface area contributed by atoms with E-state index in [9.17, 15) is 45.3 Å². The number of esters is 1. The summed E-state index contributed by atoms with van der Waals surface area (Å²) in [6.45, 7) is 14.2. The minimum absolute atomic E-state index is 0.0514. The van der Waals surface area contributed by atoms with E-state index in [1.165, 1.54) is 20.1 Å². The molecule has 8 rings (SSSR count). The summed E-state index contributed by atoms with van der Waals surface area (Å²) in [4.78, 5) is 26.6. The molecule has 8 aliphatic rings. The Kier molecular flexibility index (Phi) is 18.8. The molecule has 0 spiro atoms. The highest BCUT2D eigenvalue weighted by Gasteiger charge is 2.78. The first-order valence-corrected chi connectivity index (χ1v) is 27.6. The lowest BCUT2D eigenvalue weighted by molar-refractivity contribution is -0.357. The maximum atomic E-state index is 13.6. The minimum Gasteiger partial charge on any atom is -0.458 e. The van der Waals surface area contributed by atoms with Crippen molar-refractivity contribution < 1.29 is 102 Å². The van der Waals surface area contributed by atoms with E-state index in [-0.39, 0.29) is 56.3 Å². The van der Waals surface area contributed by atoms with Crippen molar-refractivity contribution in [3.05, 3.63) is 23.3 Å². The molecule has 0 aromatic rings. The monoisotopic (exact) mass is 1080 g/mol. The van der Waals surface area contributed by atoms with Gasteiger partial charge in [0.15, 0.2) is 25.2 Å². The summed E-state index contributed by atoms with van der Waals surface area (Å²) in [6, 6.07) is 0. The zero-order chi connectivity index (χ0) is 55.4. The van der Waals surface area contributed by atoms with Gasteiger partial charge in [-0.15, -0.1) is 0 Å². The van der Waals surface area contributed by atoms with Gasteiger partial charge in [-0.1, -0.05) is 38.0 Å². The Labute approximate surface area is 446 Å². The second-order valence-corrected chi connectivity index (χ2v) is 23.7. The lowest BCUT2D eigenvalue weighted by atomic mass is 9.42. The molecular weight excluding hydrogens is 997 g/mol. The number of hydrogen-bond donors (Lipinski definition) is 7. The molecule has 3 saturated carbocycles. The molecule has 4 heterocycles. The number of methoxy groups -OCH3 is 3. The average Bonchev–Trinajstić information content (AvgIpc) is 3.64. The summed E-state index contributed by atoms with van der Waals surface area (Å²) < 4.78 is 74.9. The number of rotatable bonds is 17. The van der Waals surface area contributed by atoms with Crippen molar-refractivity contribution >= 4 is 11.8 Å². The van der Waals surface area contributed by atoms with Crippen molar-refractivity contribution in [1.29, 1.82) is 0 Å². The zero-order valence-corrected chi connectivity index (χ0v) is 46.2. The quantitative estimate of drug-likeness (QED) is 0.0626. The normalized spacial score (nSPS) is 48.9. The molecule has 4 aliphatic carbocycles. The van der Waals surface area contributed by atoms with Gasteiger partial charge in [-0.25, -0.2) is 4.79 Å². The molecule has 0 bridgehead atoms. The maximum Gasteiger partial charge on any atom is 0.330 e. The Hall–Kier alpha value is -2.10. The number of carbonyl (C=O) groups excluding carboxylic acids is 2. The summed E-state index contributed by atoms with van der Waals surface area (Å²) in [5.74, 6) is -1.35. The zero-order valence-electron chi connectivity index (χ0n) is 46.2. The van der Waals surface area contributed by atoms with Gasteiger partial charge < -0.3 is 97.4 Å². The molecule has 21 heteroatoms. The maximum absolute atomic E-state index is 13.6. The number of aliphatic hydroxyl groups excluding tert-OH is 5. The Bertz CT molecular complexity index is 2070. The van der Waals surface area contributed by atoms with Crippen molar-refractivity contribution in [1.82, 2.24) is 0 Å². The van der Waals surface area contributed by atoms with E-state index in [0.717, 1.165) is 11.1 Å². The molecule has 0 aromatic carbocycles. The van der Waals surface area contributed by atoms with Gasteiger partial charge in [0.1, 0.15) is 65.8 Å². The average molecular weight is 1090 g/mol. The number of hydrogen-bond acceptors (Lipinski definition) is 21. The molecule has 434 valence electrons. The third-order valence-corrected chi connectivity index (χ3v) is 19.0. The Morgan fingerprint density at radius 1 is 0.737 bits per heavy atom. The van der Waals surface area contributed by atoms with Gasteiger partial charge in [-0.3, -0.25) is 0 Å². The lowest BCUT2D eigenvalue weighted by Gasteiger charge is -2.66. The summed E-state index contributed by atoms with van der Waals surface area (Å²) >= 11 is 0. The van der Waals surface area contributed by atoms with E-state index in [2.05, 4.69) is 6.92 Å². The van der Waals surface area contributed by atoms with Crippen molar-refractivity contribution in [3.63, 3.8) is 0 Å². The van der Waals surface area contributed by atoms with E-state index in [4.69, 9.17) is 56.8 Å². The van der Waals surface area contributed by atoms with Crippen LogP contribution in [0.3, 0.4) is 0 Å². The lowest BCUT2D eigenvalue weighted by Crippen LogP contribution is -2.77. The molecule has 25 atom stereocenters. The number of Topliss-reactive ketones (excluding diaryl/α,β-unsaturated/α-hetero) is 1. The molecule has 7 N–H and O–H groups in total. The van der Waals surface area contributed by atoms with Crippen molar-refractivity contribution in [2.24, 2.45) is 22.7 Å². The number of carbonyl (C=O) groups is 2. The number of allylic oxidation sites excluding steroid dienone is 1. The van der Waals surface area contributed by atoms with Crippen molar-refractivity contribution in [2.45, 2.75) is 260 Å². The first-order valence-electron chi connectivity index (χ1n) is 27.6. The number of fused-ring (bicyclic) bond motifs is 5. The highest BCUT2D eigenvalue weighted by molar-refractivity contribution is 5.83. The fourth-order valence-electron chi connectivity index (χ4n) is 14.4. The number of ketones is 1. The third kappa shape index (κ3) is 11.0. The van der Waals surface area contributed by atoms with Crippen LogP contribution in [-0.2, 0) is 66.4 Å². The predicted octanol–water partition coefficient (Wildman–Crippen LogP) is 2.41. The van der Waals surface area contributed by atoms with Gasteiger partial charge in [-0.2, -0.15) is 0 Å². The van der Waals surface area contributed by atoms with Crippen LogP contribution in [0.15, 0.2) is 23.3 Å². The third-order valence-electron chi connectivity index (χ3n) is 19.0. The Balaban J connectivity index is 0.878. The van der Waals surface area contributed by atoms with Gasteiger partial charge in [0.2, 0.25) is 0 Å². The smallest absolute Gasteiger partial charge is 0.330 e. The first kappa shape index (κ1) is 60.0. The van der Waals surface area contributed by atoms with Crippen molar-refractivity contribution in [3.8, 4) is 0 Å². The van der Waals surface area contributed by atoms with Gasteiger partial charge >= 0.3 is 5.97 Å². The molecule has 4 aliphatic heterocycles. The summed E-state index contributed by atoms with van der Waals surface area (Å²) in [7, 11) is 4.72. The Morgan fingerprint density at radius 2 is 1.28 bits per heavy atom. The van der Waals surface area contributed by atoms with Crippen LogP contribution in [0.2, 0.25) is 0 Å². The van der Waals surface area contributed by atoms with Crippen LogP contribution < -0.4 is 0 Å². The fraction of sp³-hybridized carbons (Fsp3) is 0.891. The summed E-state index contributed by atoms with van der Waals surface area (Å²) in [5, 5.41) is 78.5. The summed E-state index contributed by atoms with van der Waals surface area (Å²) in [5.41, 5.74) is -3.96. The molecule has 0 amide bonds. The molecule has 25 unspecified atom stereocenters. The number of ether oxygens (including phenoxy) is 12. The topological polar surface area (TPSA) is 287 Å². The van der Waals surface area contributed by atoms with Gasteiger partial charge in [-0.05, 0) is 90.9 Å². The predicted molar refractivity (Wildman–Crippen MR) is 267 cm³/mol. The molecule has 0 aromatic heterocycles. The largest absolute Gasteiger partial charge is 0.458 e. The highest BCUT2D eigenvalue weighted by Crippen LogP contribution is 2.70. The highest BCUT2D eigenvalue weighted by atomic mass is 16.8. The molecule has 0 radical (unpaired) electrons. The number of aliphatic hydroxyl groups is 7. The van der Waals surface area contributed by atoms with Gasteiger partial charge in [0.25, 0.3) is 0 Å². The van der Waals surface area contributed by atoms with E-state index < -0.39 is 157 Å². The van der Waals surface area contributed by atoms with E-state index >= 15 is 0 Å². The van der Waals surface area contributed by atoms with Crippen LogP contribution in [0, 0.1) is 22.7 Å². The second-order valence-electron chi connectivity index (χ2n) is 23.7. The van der Waals surface area contributed by atoms with Gasteiger partial charge in [0, 0.05) is 59.0 Å². The Morgan fingerprint density at radius 3 is 1.79 bits per heavy atom. The second kappa shape index (κ2) is 23.8. The molecule has 4 saturated heterocycles. The van der Waals surface area contributed by atoms with Crippen LogP contribution >= 0.6 is 0 Å². The van der Waals surface area contributed by atoms with E-state index in [1.54, 1.807) is 21.1 Å². The fourth-order valence-corrected chi connectivity index (χ4v) is 14.4. The SMILES string of the molecule is COC1CC(OC2CCC3(C)C(=CCC4(O)C3CC(OC(=O)C=C(C)C(C)C)C3(CC(C)=O)C(O)CCC43O)C2)OC(C)C1OC1CC(OC)C(OC2CC(OC)C(OC3OC(CO)C(O)C(O)C3O)C(C)O2)C(C)O1. The van der Waals surface area contributed by atoms with Crippen LogP contribution in [0.5, 0.6) is 0 Å². The summed E-state index contributed by atoms with van der Waals surface area (Å²) in [6.07, 6.45) is -10.5. The van der Waals surface area contributed by atoms with E-state index in [1.807, 2.05) is 40.7 Å². The standard InChI is InChI=1S/C55H88O21/c1-26(2)27(3)18-41(59)73-40-23-38-52(8)15-13-33(19-32(52)12-16-54(38,63)55(64)17-14-39(58)53(40,55)24-28(4)57)71-42-20-34(65-9)48(29(5)68-42)74-43-21-35(66-10)49(30(6)69-43)75-44-22-36(67-11)50(31(7)70-44)76-51-47(62)46(61)45(60)37(25-56)72-51/h12,18,26,29-31,33-40,42-51,56,58,60-64H,13-17,19-25H2,1-11H3. The van der Waals surface area contributed by atoms with Crippen LogP contribution in [-0.4, -0.2) is 209 Å². The molecule has 7 fully saturated rings. The van der Waals surface area contributed by atoms with Gasteiger partial charge in [0.05, 0.1) is 60.9 Å².